The summed E-state index contributed by atoms with van der Waals surface area (Å²) in [6.07, 6.45) is 14.1. The zero-order valence-electron chi connectivity index (χ0n) is 29.1. The second kappa shape index (κ2) is 14.5. The molecular formula is C40H58N2O2. The summed E-state index contributed by atoms with van der Waals surface area (Å²) in [4.78, 5) is 32.8. The van der Waals surface area contributed by atoms with Gasteiger partial charge in [-0.25, -0.2) is 0 Å². The summed E-state index contributed by atoms with van der Waals surface area (Å²) < 4.78 is 0. The number of hydrogen-bond acceptors (Lipinski definition) is 2. The van der Waals surface area contributed by atoms with E-state index in [1.807, 2.05) is 9.80 Å². The minimum atomic E-state index is -0.0349. The molecule has 4 nitrogen and oxygen atoms in total. The number of unbranched alkanes of at least 4 members (excludes halogenated alkanes) is 10. The van der Waals surface area contributed by atoms with E-state index in [2.05, 4.69) is 91.8 Å². The molecule has 0 bridgehead atoms. The number of carbonyl (C=O) groups excluding carboxylic acids is 2. The van der Waals surface area contributed by atoms with Crippen LogP contribution in [-0.2, 0) is 20.4 Å². The third-order valence-electron chi connectivity index (χ3n) is 9.49. The lowest BCUT2D eigenvalue weighted by molar-refractivity contribution is -0.114. The van der Waals surface area contributed by atoms with Gasteiger partial charge in [0.2, 0.25) is 0 Å². The molecule has 44 heavy (non-hydrogen) atoms. The van der Waals surface area contributed by atoms with Crippen LogP contribution in [0.15, 0.2) is 36.4 Å². The molecule has 2 aromatic carbocycles. The molecule has 0 spiro atoms. The molecule has 2 aliphatic rings. The molecule has 4 heteroatoms. The fourth-order valence-electron chi connectivity index (χ4n) is 6.61. The van der Waals surface area contributed by atoms with Crippen LogP contribution in [0.4, 0.5) is 11.4 Å². The predicted molar refractivity (Wildman–Crippen MR) is 189 cm³/mol. The summed E-state index contributed by atoms with van der Waals surface area (Å²) in [7, 11) is 0. The Morgan fingerprint density at radius 3 is 1.18 bits per heavy atom. The van der Waals surface area contributed by atoms with Crippen molar-refractivity contribution < 1.29 is 9.59 Å². The number of rotatable bonds is 14. The number of fused-ring (bicyclic) bond motifs is 2. The predicted octanol–water partition coefficient (Wildman–Crippen LogP) is 10.6. The first-order chi connectivity index (χ1) is 20.9. The molecule has 240 valence electrons. The van der Waals surface area contributed by atoms with Crippen LogP contribution in [0.1, 0.15) is 155 Å². The van der Waals surface area contributed by atoms with E-state index in [1.165, 1.54) is 62.5 Å². The minimum Gasteiger partial charge on any atom is -0.308 e. The molecule has 4 rings (SSSR count). The van der Waals surface area contributed by atoms with Crippen molar-refractivity contribution in [2.24, 2.45) is 0 Å². The van der Waals surface area contributed by atoms with Crippen LogP contribution in [0.25, 0.3) is 11.1 Å². The number of benzene rings is 2. The fourth-order valence-corrected chi connectivity index (χ4v) is 6.61. The number of nitrogens with zero attached hydrogens (tertiary/aromatic N) is 2. The normalized spacial score (nSPS) is 16.7. The Hall–Kier alpha value is -2.88. The molecule has 0 saturated carbocycles. The average Bonchev–Trinajstić information content (AvgIpc) is 3.39. The van der Waals surface area contributed by atoms with Gasteiger partial charge in [0.25, 0.3) is 11.8 Å². The standard InChI is InChI=1S/C40H58N2O2/c1-9-11-13-15-17-19-25-41-33-27-29(39(3,4)5)21-23-31(33)35(37(41)43)36-32-24-22-30(40(6,7)8)28-34(32)42(38(36)44)26-20-18-16-14-12-10-2/h21-24,27-28H,9-20,25-26H2,1-8H3/b36-35+. The van der Waals surface area contributed by atoms with Gasteiger partial charge in [0.1, 0.15) is 0 Å². The van der Waals surface area contributed by atoms with E-state index in [0.29, 0.717) is 24.2 Å². The van der Waals surface area contributed by atoms with Gasteiger partial charge in [0.15, 0.2) is 0 Å². The maximum atomic E-state index is 14.4. The molecule has 0 aliphatic carbocycles. The SMILES string of the molecule is CCCCCCCCN1C(=O)/C(=C2/C(=O)N(CCCCCCCC)c3cc(C(C)(C)C)ccc32)c2ccc(C(C)(C)C)cc21. The number of amides is 2. The van der Waals surface area contributed by atoms with Crippen molar-refractivity contribution in [2.45, 2.75) is 143 Å². The number of hydrogen-bond donors (Lipinski definition) is 0. The Morgan fingerprint density at radius 1 is 0.500 bits per heavy atom. The van der Waals surface area contributed by atoms with E-state index in [9.17, 15) is 9.59 Å². The Bertz CT molecular complexity index is 1250. The first kappa shape index (κ1) is 34.0. The third kappa shape index (κ3) is 7.49. The van der Waals surface area contributed by atoms with E-state index >= 15 is 0 Å². The quantitative estimate of drug-likeness (QED) is 0.160. The molecule has 0 atom stereocenters. The Kier molecular flexibility index (Phi) is 11.2. The monoisotopic (exact) mass is 598 g/mol. The highest BCUT2D eigenvalue weighted by Gasteiger charge is 2.42. The molecule has 2 amide bonds. The fraction of sp³-hybridized carbons (Fsp3) is 0.600. The summed E-state index contributed by atoms with van der Waals surface area (Å²) in [5, 5.41) is 0. The summed E-state index contributed by atoms with van der Waals surface area (Å²) >= 11 is 0. The average molecular weight is 599 g/mol. The lowest BCUT2D eigenvalue weighted by atomic mass is 9.84. The van der Waals surface area contributed by atoms with Crippen LogP contribution in [0.3, 0.4) is 0 Å². The van der Waals surface area contributed by atoms with Gasteiger partial charge in [-0.15, -0.1) is 0 Å². The van der Waals surface area contributed by atoms with Gasteiger partial charge in [-0.05, 0) is 46.9 Å². The third-order valence-corrected chi connectivity index (χ3v) is 9.49. The Labute approximate surface area is 268 Å². The van der Waals surface area contributed by atoms with Crippen molar-refractivity contribution in [1.82, 2.24) is 0 Å². The van der Waals surface area contributed by atoms with Gasteiger partial charge in [0.05, 0.1) is 22.5 Å². The van der Waals surface area contributed by atoms with Gasteiger partial charge >= 0.3 is 0 Å². The van der Waals surface area contributed by atoms with E-state index in [-0.39, 0.29) is 22.6 Å². The topological polar surface area (TPSA) is 40.6 Å². The molecule has 2 heterocycles. The summed E-state index contributed by atoms with van der Waals surface area (Å²) in [5.41, 5.74) is 7.27. The van der Waals surface area contributed by atoms with Crippen LogP contribution >= 0.6 is 0 Å². The van der Waals surface area contributed by atoms with Crippen LogP contribution in [0.5, 0.6) is 0 Å². The van der Waals surface area contributed by atoms with Crippen molar-refractivity contribution in [3.8, 4) is 0 Å². The second-order valence-corrected chi connectivity index (χ2v) is 15.2. The Morgan fingerprint density at radius 2 is 0.841 bits per heavy atom. The van der Waals surface area contributed by atoms with E-state index in [1.54, 1.807) is 0 Å². The largest absolute Gasteiger partial charge is 0.308 e. The first-order valence-corrected chi connectivity index (χ1v) is 17.6. The van der Waals surface area contributed by atoms with Crippen molar-refractivity contribution in [3.05, 3.63) is 58.7 Å². The molecule has 0 fully saturated rings. The lowest BCUT2D eigenvalue weighted by Crippen LogP contribution is -2.30. The first-order valence-electron chi connectivity index (χ1n) is 17.6. The van der Waals surface area contributed by atoms with Crippen molar-refractivity contribution in [1.29, 1.82) is 0 Å². The van der Waals surface area contributed by atoms with Crippen LogP contribution in [0.2, 0.25) is 0 Å². The molecule has 2 aromatic rings. The van der Waals surface area contributed by atoms with E-state index in [0.717, 1.165) is 48.2 Å². The maximum Gasteiger partial charge on any atom is 0.259 e. The van der Waals surface area contributed by atoms with Crippen molar-refractivity contribution in [3.63, 3.8) is 0 Å². The molecular weight excluding hydrogens is 540 g/mol. The summed E-state index contributed by atoms with van der Waals surface area (Å²) in [6, 6.07) is 12.9. The summed E-state index contributed by atoms with van der Waals surface area (Å²) in [6.45, 7) is 19.1. The molecule has 0 radical (unpaired) electrons. The van der Waals surface area contributed by atoms with Gasteiger partial charge in [-0.3, -0.25) is 9.59 Å². The highest BCUT2D eigenvalue weighted by Crippen LogP contribution is 2.48. The molecule has 2 aliphatic heterocycles. The Balaban J connectivity index is 1.75. The second-order valence-electron chi connectivity index (χ2n) is 15.2. The minimum absolute atomic E-state index is 0.0183. The molecule has 0 aromatic heterocycles. The van der Waals surface area contributed by atoms with Crippen LogP contribution in [-0.4, -0.2) is 24.9 Å². The summed E-state index contributed by atoms with van der Waals surface area (Å²) in [5.74, 6) is -0.0366. The van der Waals surface area contributed by atoms with E-state index in [4.69, 9.17) is 0 Å². The lowest BCUT2D eigenvalue weighted by Gasteiger charge is -2.22. The van der Waals surface area contributed by atoms with Crippen molar-refractivity contribution >= 4 is 34.3 Å². The van der Waals surface area contributed by atoms with Crippen LogP contribution < -0.4 is 9.80 Å². The number of carbonyl (C=O) groups is 2. The maximum absolute atomic E-state index is 14.4. The molecule has 0 N–H and O–H groups in total. The highest BCUT2D eigenvalue weighted by atomic mass is 16.2. The highest BCUT2D eigenvalue weighted by molar-refractivity contribution is 6.49. The smallest absolute Gasteiger partial charge is 0.259 e. The zero-order valence-corrected chi connectivity index (χ0v) is 29.1. The van der Waals surface area contributed by atoms with Gasteiger partial charge in [-0.2, -0.15) is 0 Å². The van der Waals surface area contributed by atoms with Crippen molar-refractivity contribution in [2.75, 3.05) is 22.9 Å². The zero-order chi connectivity index (χ0) is 32.1. The van der Waals surface area contributed by atoms with Gasteiger partial charge in [0, 0.05) is 24.2 Å². The number of anilines is 2. The van der Waals surface area contributed by atoms with Gasteiger partial charge in [-0.1, -0.05) is 144 Å². The van der Waals surface area contributed by atoms with E-state index < -0.39 is 0 Å². The molecule has 0 unspecified atom stereocenters. The van der Waals surface area contributed by atoms with Gasteiger partial charge < -0.3 is 9.80 Å². The molecule has 0 saturated heterocycles. The van der Waals surface area contributed by atoms with Crippen LogP contribution in [0, 0.1) is 0 Å².